The lowest BCUT2D eigenvalue weighted by Crippen LogP contribution is -2.08. The molecule has 0 saturated heterocycles. The molecule has 2 N–H and O–H groups in total. The smallest absolute Gasteiger partial charge is 0.0998 e. The molecule has 0 fully saturated rings. The highest BCUT2D eigenvalue weighted by molar-refractivity contribution is 6.31. The van der Waals surface area contributed by atoms with E-state index in [4.69, 9.17) is 17.3 Å². The van der Waals surface area contributed by atoms with Gasteiger partial charge < -0.3 is 5.73 Å². The van der Waals surface area contributed by atoms with Crippen molar-refractivity contribution in [1.29, 1.82) is 0 Å². The van der Waals surface area contributed by atoms with Crippen LogP contribution in [0.15, 0.2) is 24.4 Å². The standard InChI is InChI=1S/C12H15ClN4/c1-3-10(14)11-7-17(16-15-11)12-6-4-5-9(13)8(12)2/h4-7,10H,3,14H2,1-2H3. The van der Waals surface area contributed by atoms with Crippen LogP contribution in [0.5, 0.6) is 0 Å². The third-order valence-electron chi connectivity index (χ3n) is 2.82. The van der Waals surface area contributed by atoms with Crippen molar-refractivity contribution in [2.45, 2.75) is 26.3 Å². The van der Waals surface area contributed by atoms with Gasteiger partial charge in [-0.25, -0.2) is 4.68 Å². The fraction of sp³-hybridized carbons (Fsp3) is 0.333. The summed E-state index contributed by atoms with van der Waals surface area (Å²) in [6.07, 6.45) is 2.69. The zero-order valence-corrected chi connectivity index (χ0v) is 10.6. The van der Waals surface area contributed by atoms with Crippen molar-refractivity contribution in [2.75, 3.05) is 0 Å². The summed E-state index contributed by atoms with van der Waals surface area (Å²) >= 11 is 6.07. The first-order chi connectivity index (χ1) is 8.13. The monoisotopic (exact) mass is 250 g/mol. The van der Waals surface area contributed by atoms with Gasteiger partial charge in [0.1, 0.15) is 0 Å². The Morgan fingerprint density at radius 2 is 2.24 bits per heavy atom. The third-order valence-corrected chi connectivity index (χ3v) is 3.23. The van der Waals surface area contributed by atoms with Gasteiger partial charge in [-0.2, -0.15) is 0 Å². The summed E-state index contributed by atoms with van der Waals surface area (Å²) in [5.74, 6) is 0. The number of rotatable bonds is 3. The Morgan fingerprint density at radius 1 is 1.47 bits per heavy atom. The van der Waals surface area contributed by atoms with Crippen molar-refractivity contribution in [3.8, 4) is 5.69 Å². The predicted molar refractivity (Wildman–Crippen MR) is 68.3 cm³/mol. The molecule has 1 aromatic carbocycles. The Hall–Kier alpha value is -1.39. The molecule has 0 bridgehead atoms. The van der Waals surface area contributed by atoms with Gasteiger partial charge in [-0.1, -0.05) is 29.8 Å². The highest BCUT2D eigenvalue weighted by Crippen LogP contribution is 2.22. The van der Waals surface area contributed by atoms with E-state index in [1.807, 2.05) is 38.2 Å². The molecule has 2 aromatic rings. The molecule has 0 saturated carbocycles. The van der Waals surface area contributed by atoms with Crippen LogP contribution < -0.4 is 5.73 Å². The SMILES string of the molecule is CCC(N)c1cn(-c2cccc(Cl)c2C)nn1. The first-order valence-corrected chi connectivity index (χ1v) is 5.94. The van der Waals surface area contributed by atoms with E-state index in [1.165, 1.54) is 0 Å². The Kier molecular flexibility index (Phi) is 3.45. The molecule has 0 aliphatic heterocycles. The Balaban J connectivity index is 2.40. The summed E-state index contributed by atoms with van der Waals surface area (Å²) in [6, 6.07) is 5.64. The molecule has 0 amide bonds. The molecule has 1 aromatic heterocycles. The van der Waals surface area contributed by atoms with Crippen LogP contribution in [-0.2, 0) is 0 Å². The minimum absolute atomic E-state index is 0.0664. The minimum Gasteiger partial charge on any atom is -0.323 e. The van der Waals surface area contributed by atoms with Gasteiger partial charge in [0.25, 0.3) is 0 Å². The van der Waals surface area contributed by atoms with Crippen LogP contribution in [0.3, 0.4) is 0 Å². The average Bonchev–Trinajstić information content (AvgIpc) is 2.81. The largest absolute Gasteiger partial charge is 0.323 e. The van der Waals surface area contributed by atoms with Crippen LogP contribution in [0.4, 0.5) is 0 Å². The summed E-state index contributed by atoms with van der Waals surface area (Å²) in [5.41, 5.74) is 8.62. The van der Waals surface area contributed by atoms with Gasteiger partial charge in [0.15, 0.2) is 0 Å². The van der Waals surface area contributed by atoms with E-state index in [2.05, 4.69) is 10.3 Å². The van der Waals surface area contributed by atoms with Crippen molar-refractivity contribution < 1.29 is 0 Å². The number of aromatic nitrogens is 3. The number of nitrogens with zero attached hydrogens (tertiary/aromatic N) is 3. The number of hydrogen-bond acceptors (Lipinski definition) is 3. The number of hydrogen-bond donors (Lipinski definition) is 1. The molecule has 0 radical (unpaired) electrons. The van der Waals surface area contributed by atoms with Crippen LogP contribution in [0.25, 0.3) is 5.69 Å². The van der Waals surface area contributed by atoms with E-state index in [0.717, 1.165) is 28.4 Å². The van der Waals surface area contributed by atoms with Crippen LogP contribution in [-0.4, -0.2) is 15.0 Å². The van der Waals surface area contributed by atoms with E-state index in [1.54, 1.807) is 4.68 Å². The average molecular weight is 251 g/mol. The zero-order chi connectivity index (χ0) is 12.4. The molecule has 5 heteroatoms. The van der Waals surface area contributed by atoms with Crippen LogP contribution >= 0.6 is 11.6 Å². The zero-order valence-electron chi connectivity index (χ0n) is 9.89. The van der Waals surface area contributed by atoms with Gasteiger partial charge in [-0.15, -0.1) is 5.10 Å². The molecule has 2 rings (SSSR count). The number of halogens is 1. The van der Waals surface area contributed by atoms with Gasteiger partial charge in [-0.05, 0) is 31.0 Å². The molecule has 1 heterocycles. The molecule has 0 spiro atoms. The normalized spacial score (nSPS) is 12.7. The molecule has 90 valence electrons. The van der Waals surface area contributed by atoms with E-state index in [-0.39, 0.29) is 6.04 Å². The topological polar surface area (TPSA) is 56.7 Å². The lowest BCUT2D eigenvalue weighted by Gasteiger charge is -2.06. The number of nitrogens with two attached hydrogens (primary N) is 1. The lowest BCUT2D eigenvalue weighted by molar-refractivity contribution is 0.670. The summed E-state index contributed by atoms with van der Waals surface area (Å²) < 4.78 is 1.71. The minimum atomic E-state index is -0.0664. The first kappa shape index (κ1) is 12.1. The molecule has 1 unspecified atom stereocenters. The maximum absolute atomic E-state index is 6.07. The summed E-state index contributed by atoms with van der Waals surface area (Å²) in [4.78, 5) is 0. The van der Waals surface area contributed by atoms with E-state index >= 15 is 0 Å². The van der Waals surface area contributed by atoms with Crippen molar-refractivity contribution in [3.05, 3.63) is 40.7 Å². The fourth-order valence-electron chi connectivity index (χ4n) is 1.62. The van der Waals surface area contributed by atoms with E-state index < -0.39 is 0 Å². The molecular formula is C12H15ClN4. The Bertz CT molecular complexity index is 521. The van der Waals surface area contributed by atoms with Crippen LogP contribution in [0.2, 0.25) is 5.02 Å². The van der Waals surface area contributed by atoms with E-state index in [9.17, 15) is 0 Å². The molecule has 0 aliphatic rings. The maximum Gasteiger partial charge on any atom is 0.0998 e. The van der Waals surface area contributed by atoms with Gasteiger partial charge in [0, 0.05) is 5.02 Å². The summed E-state index contributed by atoms with van der Waals surface area (Å²) in [6.45, 7) is 3.98. The second-order valence-electron chi connectivity index (χ2n) is 3.99. The van der Waals surface area contributed by atoms with Crippen molar-refractivity contribution in [3.63, 3.8) is 0 Å². The number of benzene rings is 1. The first-order valence-electron chi connectivity index (χ1n) is 5.56. The Morgan fingerprint density at radius 3 is 2.94 bits per heavy atom. The Labute approximate surface area is 105 Å². The molecule has 4 nitrogen and oxygen atoms in total. The van der Waals surface area contributed by atoms with Gasteiger partial charge in [0.05, 0.1) is 23.6 Å². The van der Waals surface area contributed by atoms with Crippen molar-refractivity contribution in [2.24, 2.45) is 5.73 Å². The van der Waals surface area contributed by atoms with Crippen molar-refractivity contribution >= 4 is 11.6 Å². The second-order valence-corrected chi connectivity index (χ2v) is 4.39. The molecule has 1 atom stereocenters. The summed E-state index contributed by atoms with van der Waals surface area (Å²) in [5, 5.41) is 8.89. The second kappa shape index (κ2) is 4.85. The highest BCUT2D eigenvalue weighted by Gasteiger charge is 2.11. The molecule has 0 aliphatic carbocycles. The van der Waals surface area contributed by atoms with Crippen LogP contribution in [0, 0.1) is 6.92 Å². The predicted octanol–water partition coefficient (Wildman–Crippen LogP) is 2.64. The van der Waals surface area contributed by atoms with Gasteiger partial charge in [0.2, 0.25) is 0 Å². The summed E-state index contributed by atoms with van der Waals surface area (Å²) in [7, 11) is 0. The van der Waals surface area contributed by atoms with Crippen LogP contribution in [0.1, 0.15) is 30.6 Å². The lowest BCUT2D eigenvalue weighted by atomic mass is 10.2. The highest BCUT2D eigenvalue weighted by atomic mass is 35.5. The molecule has 17 heavy (non-hydrogen) atoms. The maximum atomic E-state index is 6.07. The molecular weight excluding hydrogens is 236 g/mol. The van der Waals surface area contributed by atoms with E-state index in [0.29, 0.717) is 0 Å². The fourth-order valence-corrected chi connectivity index (χ4v) is 1.79. The van der Waals surface area contributed by atoms with Crippen molar-refractivity contribution in [1.82, 2.24) is 15.0 Å². The van der Waals surface area contributed by atoms with Gasteiger partial charge in [-0.3, -0.25) is 0 Å². The quantitative estimate of drug-likeness (QED) is 0.911. The van der Waals surface area contributed by atoms with Gasteiger partial charge >= 0.3 is 0 Å². The third kappa shape index (κ3) is 2.33.